The number of ether oxygens (including phenoxy) is 2. The van der Waals surface area contributed by atoms with Gasteiger partial charge in [0.25, 0.3) is 0 Å². The van der Waals surface area contributed by atoms with Crippen molar-refractivity contribution in [2.75, 3.05) is 18.5 Å². The van der Waals surface area contributed by atoms with Gasteiger partial charge in [0.15, 0.2) is 5.79 Å². The summed E-state index contributed by atoms with van der Waals surface area (Å²) in [6, 6.07) is 5.79. The molecule has 1 saturated carbocycles. The molecule has 2 aliphatic rings. The van der Waals surface area contributed by atoms with Crippen LogP contribution in [-0.4, -0.2) is 31.1 Å². The first kappa shape index (κ1) is 14.3. The number of hydrogen-bond donors (Lipinski definition) is 2. The van der Waals surface area contributed by atoms with Crippen molar-refractivity contribution < 1.29 is 18.7 Å². The number of benzene rings is 1. The Labute approximate surface area is 122 Å². The maximum atomic E-state index is 13.5. The highest BCUT2D eigenvalue weighted by molar-refractivity contribution is 5.89. The third-order valence-corrected chi connectivity index (χ3v) is 4.02. The van der Waals surface area contributed by atoms with Crippen molar-refractivity contribution >= 4 is 11.7 Å². The van der Waals surface area contributed by atoms with E-state index >= 15 is 0 Å². The van der Waals surface area contributed by atoms with E-state index in [1.807, 2.05) is 0 Å². The van der Waals surface area contributed by atoms with Crippen molar-refractivity contribution in [3.05, 3.63) is 30.1 Å². The molecule has 114 valence electrons. The van der Waals surface area contributed by atoms with Crippen molar-refractivity contribution in [3.63, 3.8) is 0 Å². The Morgan fingerprint density at radius 2 is 1.86 bits per heavy atom. The van der Waals surface area contributed by atoms with Gasteiger partial charge >= 0.3 is 6.03 Å². The van der Waals surface area contributed by atoms with Gasteiger partial charge in [-0.05, 0) is 25.0 Å². The van der Waals surface area contributed by atoms with Crippen LogP contribution in [0.15, 0.2) is 24.3 Å². The highest BCUT2D eigenvalue weighted by Crippen LogP contribution is 2.35. The standard InChI is InChI=1S/C15H19FN2O3/c16-12-3-1-2-4-13(12)18-14(19)17-11-5-7-15(8-6-11)20-9-10-21-15/h1-4,11H,5-10H2,(H2,17,18,19). The minimum atomic E-state index is -0.442. The molecule has 0 bridgehead atoms. The lowest BCUT2D eigenvalue weighted by molar-refractivity contribution is -0.179. The predicted molar refractivity (Wildman–Crippen MR) is 75.4 cm³/mol. The van der Waals surface area contributed by atoms with Gasteiger partial charge in [-0.25, -0.2) is 9.18 Å². The van der Waals surface area contributed by atoms with Crippen molar-refractivity contribution in [1.29, 1.82) is 0 Å². The molecule has 5 nitrogen and oxygen atoms in total. The number of carbonyl (C=O) groups is 1. The Morgan fingerprint density at radius 3 is 2.52 bits per heavy atom. The first-order valence-corrected chi connectivity index (χ1v) is 7.27. The maximum absolute atomic E-state index is 13.5. The number of hydrogen-bond acceptors (Lipinski definition) is 3. The molecule has 6 heteroatoms. The van der Waals surface area contributed by atoms with E-state index in [4.69, 9.17) is 9.47 Å². The van der Waals surface area contributed by atoms with Crippen LogP contribution in [0.3, 0.4) is 0 Å². The second-order valence-corrected chi connectivity index (χ2v) is 5.46. The molecule has 3 rings (SSSR count). The lowest BCUT2D eigenvalue weighted by atomic mass is 9.90. The van der Waals surface area contributed by atoms with Gasteiger partial charge in [-0.1, -0.05) is 12.1 Å². The summed E-state index contributed by atoms with van der Waals surface area (Å²) in [5, 5.41) is 5.40. The first-order valence-electron chi connectivity index (χ1n) is 7.27. The first-order chi connectivity index (χ1) is 10.2. The minimum Gasteiger partial charge on any atom is -0.348 e. The molecule has 0 atom stereocenters. The van der Waals surface area contributed by atoms with E-state index < -0.39 is 11.6 Å². The fourth-order valence-corrected chi connectivity index (χ4v) is 2.89. The molecular weight excluding hydrogens is 275 g/mol. The fourth-order valence-electron chi connectivity index (χ4n) is 2.89. The second kappa shape index (κ2) is 5.99. The van der Waals surface area contributed by atoms with Crippen LogP contribution in [0.25, 0.3) is 0 Å². The lowest BCUT2D eigenvalue weighted by Gasteiger charge is -2.35. The number of halogens is 1. The van der Waals surface area contributed by atoms with Gasteiger partial charge < -0.3 is 20.1 Å². The Bertz CT molecular complexity index is 507. The number of rotatable bonds is 2. The van der Waals surface area contributed by atoms with Crippen LogP contribution >= 0.6 is 0 Å². The molecule has 2 amide bonds. The van der Waals surface area contributed by atoms with Gasteiger partial charge in [0.05, 0.1) is 18.9 Å². The van der Waals surface area contributed by atoms with Crippen molar-refractivity contribution in [2.45, 2.75) is 37.5 Å². The number of anilines is 1. The van der Waals surface area contributed by atoms with Crippen molar-refractivity contribution in [1.82, 2.24) is 5.32 Å². The Hall–Kier alpha value is -1.66. The molecule has 1 saturated heterocycles. The molecule has 0 aromatic heterocycles. The molecule has 1 aromatic rings. The van der Waals surface area contributed by atoms with E-state index in [2.05, 4.69) is 10.6 Å². The molecule has 0 radical (unpaired) electrons. The quantitative estimate of drug-likeness (QED) is 0.881. The number of urea groups is 1. The number of amides is 2. The summed E-state index contributed by atoms with van der Waals surface area (Å²) in [5.74, 6) is -0.872. The van der Waals surface area contributed by atoms with Crippen LogP contribution in [-0.2, 0) is 9.47 Å². The molecule has 21 heavy (non-hydrogen) atoms. The van der Waals surface area contributed by atoms with Crippen molar-refractivity contribution in [2.24, 2.45) is 0 Å². The summed E-state index contributed by atoms with van der Waals surface area (Å²) in [6.45, 7) is 1.29. The summed E-state index contributed by atoms with van der Waals surface area (Å²) in [7, 11) is 0. The average Bonchev–Trinajstić information content (AvgIpc) is 2.93. The third kappa shape index (κ3) is 3.33. The highest BCUT2D eigenvalue weighted by Gasteiger charge is 2.40. The molecule has 1 spiro atoms. The molecule has 1 aliphatic carbocycles. The SMILES string of the molecule is O=C(Nc1ccccc1F)NC1CCC2(CC1)OCCO2. The fraction of sp³-hybridized carbons (Fsp3) is 0.533. The molecule has 1 aromatic carbocycles. The van der Waals surface area contributed by atoms with Crippen LogP contribution in [0.1, 0.15) is 25.7 Å². The number of carbonyl (C=O) groups excluding carboxylic acids is 1. The lowest BCUT2D eigenvalue weighted by Crippen LogP contribution is -2.45. The molecule has 2 fully saturated rings. The van der Waals surface area contributed by atoms with Gasteiger partial charge in [-0.3, -0.25) is 0 Å². The Kier molecular flexibility index (Phi) is 4.07. The van der Waals surface area contributed by atoms with E-state index in [0.29, 0.717) is 13.2 Å². The summed E-state index contributed by atoms with van der Waals surface area (Å²) in [5.41, 5.74) is 0.185. The summed E-state index contributed by atoms with van der Waals surface area (Å²) < 4.78 is 24.7. The number of nitrogens with one attached hydrogen (secondary N) is 2. The minimum absolute atomic E-state index is 0.0650. The van der Waals surface area contributed by atoms with Gasteiger partial charge in [-0.15, -0.1) is 0 Å². The largest absolute Gasteiger partial charge is 0.348 e. The van der Waals surface area contributed by atoms with Crippen LogP contribution in [0.5, 0.6) is 0 Å². The molecule has 0 unspecified atom stereocenters. The summed E-state index contributed by atoms with van der Waals surface area (Å²) in [6.07, 6.45) is 3.14. The summed E-state index contributed by atoms with van der Waals surface area (Å²) in [4.78, 5) is 11.9. The van der Waals surface area contributed by atoms with E-state index in [0.717, 1.165) is 25.7 Å². The van der Waals surface area contributed by atoms with Crippen LogP contribution in [0.4, 0.5) is 14.9 Å². The Morgan fingerprint density at radius 1 is 1.19 bits per heavy atom. The monoisotopic (exact) mass is 294 g/mol. The second-order valence-electron chi connectivity index (χ2n) is 5.46. The Balaban J connectivity index is 1.49. The maximum Gasteiger partial charge on any atom is 0.319 e. The molecular formula is C15H19FN2O3. The molecule has 2 N–H and O–H groups in total. The van der Waals surface area contributed by atoms with Crippen LogP contribution in [0, 0.1) is 5.82 Å². The predicted octanol–water partition coefficient (Wildman–Crippen LogP) is 2.63. The highest BCUT2D eigenvalue weighted by atomic mass is 19.1. The van der Waals surface area contributed by atoms with E-state index in [9.17, 15) is 9.18 Å². The van der Waals surface area contributed by atoms with Crippen LogP contribution in [0.2, 0.25) is 0 Å². The topological polar surface area (TPSA) is 59.6 Å². The smallest absolute Gasteiger partial charge is 0.319 e. The van der Waals surface area contributed by atoms with E-state index in [1.165, 1.54) is 12.1 Å². The number of para-hydroxylation sites is 1. The zero-order chi connectivity index (χ0) is 14.7. The van der Waals surface area contributed by atoms with Gasteiger partial charge in [0, 0.05) is 18.9 Å². The van der Waals surface area contributed by atoms with Crippen molar-refractivity contribution in [3.8, 4) is 0 Å². The molecule has 1 heterocycles. The van der Waals surface area contributed by atoms with Crippen LogP contribution < -0.4 is 10.6 Å². The zero-order valence-electron chi connectivity index (χ0n) is 11.7. The van der Waals surface area contributed by atoms with E-state index in [-0.39, 0.29) is 17.8 Å². The summed E-state index contributed by atoms with van der Waals surface area (Å²) >= 11 is 0. The van der Waals surface area contributed by atoms with Gasteiger partial charge in [-0.2, -0.15) is 0 Å². The van der Waals surface area contributed by atoms with E-state index in [1.54, 1.807) is 12.1 Å². The third-order valence-electron chi connectivity index (χ3n) is 4.02. The molecule has 1 aliphatic heterocycles. The zero-order valence-corrected chi connectivity index (χ0v) is 11.7. The van der Waals surface area contributed by atoms with Gasteiger partial charge in [0.2, 0.25) is 0 Å². The normalized spacial score (nSPS) is 21.4. The van der Waals surface area contributed by atoms with Gasteiger partial charge in [0.1, 0.15) is 5.82 Å². The average molecular weight is 294 g/mol.